The van der Waals surface area contributed by atoms with Crippen LogP contribution < -0.4 is 4.90 Å². The van der Waals surface area contributed by atoms with Crippen molar-refractivity contribution >= 4 is 5.82 Å². The predicted molar refractivity (Wildman–Crippen MR) is 56.3 cm³/mol. The zero-order chi connectivity index (χ0) is 10.7. The minimum atomic E-state index is -0.323. The Morgan fingerprint density at radius 1 is 1.47 bits per heavy atom. The molecule has 1 aromatic rings. The molecule has 1 unspecified atom stereocenters. The Balaban J connectivity index is 2.16. The molecule has 1 fully saturated rings. The molecule has 0 saturated carbocycles. The zero-order valence-electron chi connectivity index (χ0n) is 8.56. The van der Waals surface area contributed by atoms with Gasteiger partial charge in [-0.15, -0.1) is 0 Å². The lowest BCUT2D eigenvalue weighted by Gasteiger charge is -2.35. The highest BCUT2D eigenvalue weighted by Gasteiger charge is 2.22. The molecule has 0 aliphatic carbocycles. The number of halogens is 1. The first-order chi connectivity index (χ1) is 7.31. The largest absolute Gasteiger partial charge is 0.394 e. The fourth-order valence-electron chi connectivity index (χ4n) is 2.03. The van der Waals surface area contributed by atoms with Crippen molar-refractivity contribution in [2.24, 2.45) is 0 Å². The Morgan fingerprint density at radius 2 is 2.33 bits per heavy atom. The maximum atomic E-state index is 12.7. The summed E-state index contributed by atoms with van der Waals surface area (Å²) in [4.78, 5) is 6.10. The number of aliphatic hydroxyl groups is 1. The minimum Gasteiger partial charge on any atom is -0.394 e. The third kappa shape index (κ3) is 2.26. The summed E-state index contributed by atoms with van der Waals surface area (Å²) in [6, 6.07) is 3.21. The van der Waals surface area contributed by atoms with Gasteiger partial charge in [-0.05, 0) is 31.4 Å². The number of rotatable bonds is 2. The van der Waals surface area contributed by atoms with Crippen LogP contribution in [0.2, 0.25) is 0 Å². The molecule has 1 aliphatic heterocycles. The van der Waals surface area contributed by atoms with Crippen molar-refractivity contribution in [3.05, 3.63) is 24.1 Å². The summed E-state index contributed by atoms with van der Waals surface area (Å²) < 4.78 is 12.7. The van der Waals surface area contributed by atoms with Gasteiger partial charge in [0, 0.05) is 6.54 Å². The van der Waals surface area contributed by atoms with Crippen LogP contribution in [-0.4, -0.2) is 29.3 Å². The normalized spacial score (nSPS) is 21.7. The van der Waals surface area contributed by atoms with E-state index in [0.29, 0.717) is 0 Å². The van der Waals surface area contributed by atoms with Crippen LogP contribution in [0.5, 0.6) is 0 Å². The van der Waals surface area contributed by atoms with E-state index in [2.05, 4.69) is 9.88 Å². The minimum absolute atomic E-state index is 0.136. The molecule has 1 N–H and O–H groups in total. The molecule has 1 saturated heterocycles. The predicted octanol–water partition coefficient (Wildman–Crippen LogP) is 1.57. The molecule has 0 amide bonds. The molecule has 1 aliphatic rings. The Bertz CT molecular complexity index is 315. The number of anilines is 1. The fourth-order valence-corrected chi connectivity index (χ4v) is 2.03. The maximum absolute atomic E-state index is 12.7. The number of nitrogens with zero attached hydrogens (tertiary/aromatic N) is 2. The summed E-state index contributed by atoms with van der Waals surface area (Å²) in [5.41, 5.74) is 0. The van der Waals surface area contributed by atoms with Crippen LogP contribution in [0.15, 0.2) is 18.3 Å². The molecule has 2 rings (SSSR count). The van der Waals surface area contributed by atoms with Crippen molar-refractivity contribution in [2.45, 2.75) is 25.3 Å². The molecule has 3 nitrogen and oxygen atoms in total. The first kappa shape index (κ1) is 10.4. The van der Waals surface area contributed by atoms with E-state index in [-0.39, 0.29) is 18.5 Å². The second-order valence-electron chi connectivity index (χ2n) is 3.86. The second kappa shape index (κ2) is 4.57. The number of pyridine rings is 1. The van der Waals surface area contributed by atoms with E-state index in [1.807, 2.05) is 0 Å². The van der Waals surface area contributed by atoms with E-state index >= 15 is 0 Å². The van der Waals surface area contributed by atoms with Crippen LogP contribution in [0, 0.1) is 5.82 Å². The van der Waals surface area contributed by atoms with Gasteiger partial charge in [0.05, 0.1) is 18.8 Å². The summed E-state index contributed by atoms with van der Waals surface area (Å²) in [7, 11) is 0. The molecule has 1 aromatic heterocycles. The number of hydrogen-bond acceptors (Lipinski definition) is 3. The van der Waals surface area contributed by atoms with Crippen LogP contribution in [0.4, 0.5) is 10.2 Å². The average molecular weight is 210 g/mol. The third-order valence-corrected chi connectivity index (χ3v) is 2.84. The summed E-state index contributed by atoms with van der Waals surface area (Å²) in [6.45, 7) is 1.03. The highest BCUT2D eigenvalue weighted by Crippen LogP contribution is 2.22. The van der Waals surface area contributed by atoms with Gasteiger partial charge in [-0.3, -0.25) is 0 Å². The van der Waals surface area contributed by atoms with Crippen molar-refractivity contribution in [1.82, 2.24) is 4.98 Å². The van der Waals surface area contributed by atoms with Crippen LogP contribution in [0.3, 0.4) is 0 Å². The average Bonchev–Trinajstić information content (AvgIpc) is 2.30. The van der Waals surface area contributed by atoms with Gasteiger partial charge in [0.25, 0.3) is 0 Å². The number of hydrogen-bond donors (Lipinski definition) is 1. The lowest BCUT2D eigenvalue weighted by molar-refractivity contribution is 0.239. The smallest absolute Gasteiger partial charge is 0.141 e. The van der Waals surface area contributed by atoms with Crippen molar-refractivity contribution in [1.29, 1.82) is 0 Å². The Morgan fingerprint density at radius 3 is 3.00 bits per heavy atom. The molecule has 15 heavy (non-hydrogen) atoms. The van der Waals surface area contributed by atoms with E-state index in [4.69, 9.17) is 0 Å². The fraction of sp³-hybridized carbons (Fsp3) is 0.545. The lowest BCUT2D eigenvalue weighted by Crippen LogP contribution is -2.42. The Labute approximate surface area is 88.6 Å². The van der Waals surface area contributed by atoms with E-state index in [1.165, 1.54) is 12.3 Å². The van der Waals surface area contributed by atoms with Crippen molar-refractivity contribution < 1.29 is 9.50 Å². The molecule has 2 heterocycles. The lowest BCUT2D eigenvalue weighted by atomic mass is 10.0. The van der Waals surface area contributed by atoms with Crippen molar-refractivity contribution in [3.63, 3.8) is 0 Å². The summed E-state index contributed by atoms with van der Waals surface area (Å²) >= 11 is 0. The molecular formula is C11H15FN2O. The monoisotopic (exact) mass is 210 g/mol. The molecule has 0 spiro atoms. The molecular weight excluding hydrogens is 195 g/mol. The zero-order valence-corrected chi connectivity index (χ0v) is 8.56. The first-order valence-electron chi connectivity index (χ1n) is 5.30. The second-order valence-corrected chi connectivity index (χ2v) is 3.86. The van der Waals surface area contributed by atoms with Gasteiger partial charge < -0.3 is 10.0 Å². The van der Waals surface area contributed by atoms with Crippen molar-refractivity contribution in [3.8, 4) is 0 Å². The van der Waals surface area contributed by atoms with E-state index < -0.39 is 0 Å². The topological polar surface area (TPSA) is 36.4 Å². The third-order valence-electron chi connectivity index (χ3n) is 2.84. The van der Waals surface area contributed by atoms with E-state index in [1.54, 1.807) is 6.07 Å². The van der Waals surface area contributed by atoms with Gasteiger partial charge in [0.15, 0.2) is 0 Å². The van der Waals surface area contributed by atoms with Crippen molar-refractivity contribution in [2.75, 3.05) is 18.1 Å². The molecule has 82 valence electrons. The highest BCUT2D eigenvalue weighted by molar-refractivity contribution is 5.39. The Kier molecular flexibility index (Phi) is 3.16. The van der Waals surface area contributed by atoms with Gasteiger partial charge >= 0.3 is 0 Å². The summed E-state index contributed by atoms with van der Waals surface area (Å²) in [6.07, 6.45) is 4.45. The van der Waals surface area contributed by atoms with Gasteiger partial charge in [0.2, 0.25) is 0 Å². The van der Waals surface area contributed by atoms with Gasteiger partial charge in [-0.25, -0.2) is 9.37 Å². The van der Waals surface area contributed by atoms with Crippen LogP contribution >= 0.6 is 0 Å². The number of aliphatic hydroxyl groups excluding tert-OH is 1. The van der Waals surface area contributed by atoms with Gasteiger partial charge in [-0.1, -0.05) is 0 Å². The first-order valence-corrected chi connectivity index (χ1v) is 5.30. The number of aromatic nitrogens is 1. The Hall–Kier alpha value is -1.16. The molecule has 4 heteroatoms. The summed E-state index contributed by atoms with van der Waals surface area (Å²) in [5, 5.41) is 9.23. The quantitative estimate of drug-likeness (QED) is 0.805. The molecule has 0 bridgehead atoms. The summed E-state index contributed by atoms with van der Waals surface area (Å²) in [5.74, 6) is 0.437. The molecule has 1 atom stereocenters. The van der Waals surface area contributed by atoms with Gasteiger partial charge in [-0.2, -0.15) is 0 Å². The number of piperidine rings is 1. The van der Waals surface area contributed by atoms with E-state index in [0.717, 1.165) is 31.6 Å². The van der Waals surface area contributed by atoms with Crippen LogP contribution in [-0.2, 0) is 0 Å². The van der Waals surface area contributed by atoms with Crippen LogP contribution in [0.25, 0.3) is 0 Å². The molecule has 0 radical (unpaired) electrons. The maximum Gasteiger partial charge on any atom is 0.141 e. The molecule has 0 aromatic carbocycles. The highest BCUT2D eigenvalue weighted by atomic mass is 19.1. The van der Waals surface area contributed by atoms with E-state index in [9.17, 15) is 9.50 Å². The van der Waals surface area contributed by atoms with Gasteiger partial charge in [0.1, 0.15) is 11.6 Å². The standard InChI is InChI=1S/C11H15FN2O/c12-9-4-5-11(13-7-9)14-6-2-1-3-10(14)8-15/h4-5,7,10,15H,1-3,6,8H2. The van der Waals surface area contributed by atoms with Crippen LogP contribution in [0.1, 0.15) is 19.3 Å². The SMILES string of the molecule is OCC1CCCCN1c1ccc(F)cn1.